The SMILES string of the molecule is CCc1cccc2sc(=NC(=O)c3ccc(C(C)=O)cc3)n(CC)c12. The number of amides is 1. The fraction of sp³-hybridized carbons (Fsp3) is 0.250. The van der Waals surface area contributed by atoms with E-state index in [1.54, 1.807) is 24.3 Å². The van der Waals surface area contributed by atoms with Crippen LogP contribution in [-0.4, -0.2) is 16.3 Å². The van der Waals surface area contributed by atoms with Gasteiger partial charge in [0.25, 0.3) is 5.91 Å². The fourth-order valence-electron chi connectivity index (χ4n) is 2.87. The third-order valence-electron chi connectivity index (χ3n) is 4.22. The Bertz CT molecular complexity index is 1010. The van der Waals surface area contributed by atoms with Gasteiger partial charge in [0.15, 0.2) is 10.6 Å². The topological polar surface area (TPSA) is 51.4 Å². The molecule has 1 amide bonds. The van der Waals surface area contributed by atoms with Crippen molar-refractivity contribution < 1.29 is 9.59 Å². The summed E-state index contributed by atoms with van der Waals surface area (Å²) in [6.07, 6.45) is 0.938. The molecule has 3 rings (SSSR count). The Hall–Kier alpha value is -2.53. The van der Waals surface area contributed by atoms with Crippen LogP contribution in [-0.2, 0) is 13.0 Å². The van der Waals surface area contributed by atoms with Crippen LogP contribution in [0.3, 0.4) is 0 Å². The highest BCUT2D eigenvalue weighted by atomic mass is 32.1. The van der Waals surface area contributed by atoms with E-state index in [2.05, 4.69) is 35.5 Å². The number of carbonyl (C=O) groups excluding carboxylic acids is 2. The molecule has 1 heterocycles. The number of hydrogen-bond donors (Lipinski definition) is 0. The van der Waals surface area contributed by atoms with E-state index in [-0.39, 0.29) is 11.7 Å². The van der Waals surface area contributed by atoms with Gasteiger partial charge in [-0.25, -0.2) is 0 Å². The Morgan fingerprint density at radius 1 is 1.04 bits per heavy atom. The second kappa shape index (κ2) is 7.15. The lowest BCUT2D eigenvalue weighted by Crippen LogP contribution is -2.16. The average molecular weight is 352 g/mol. The number of thiazole rings is 1. The van der Waals surface area contributed by atoms with Gasteiger partial charge in [-0.2, -0.15) is 4.99 Å². The third-order valence-corrected chi connectivity index (χ3v) is 5.26. The number of benzene rings is 2. The van der Waals surface area contributed by atoms with Gasteiger partial charge in [0.2, 0.25) is 0 Å². The number of rotatable bonds is 4. The van der Waals surface area contributed by atoms with Crippen molar-refractivity contribution in [3.05, 3.63) is 64.0 Å². The predicted octanol–water partition coefficient (Wildman–Crippen LogP) is 4.23. The van der Waals surface area contributed by atoms with E-state index in [0.717, 1.165) is 23.2 Å². The number of aromatic nitrogens is 1. The first-order valence-corrected chi connectivity index (χ1v) is 9.18. The first-order valence-electron chi connectivity index (χ1n) is 8.36. The van der Waals surface area contributed by atoms with Crippen molar-refractivity contribution in [2.75, 3.05) is 0 Å². The molecule has 4 nitrogen and oxygen atoms in total. The zero-order valence-corrected chi connectivity index (χ0v) is 15.4. The van der Waals surface area contributed by atoms with E-state index in [4.69, 9.17) is 0 Å². The number of carbonyl (C=O) groups is 2. The van der Waals surface area contributed by atoms with Crippen molar-refractivity contribution in [1.29, 1.82) is 0 Å². The minimum atomic E-state index is -0.290. The Kier molecular flexibility index (Phi) is 4.95. The molecule has 0 atom stereocenters. The van der Waals surface area contributed by atoms with Gasteiger partial charge < -0.3 is 4.57 Å². The molecule has 0 radical (unpaired) electrons. The van der Waals surface area contributed by atoms with Crippen molar-refractivity contribution in [3.8, 4) is 0 Å². The first kappa shape index (κ1) is 17.3. The molecule has 0 saturated carbocycles. The van der Waals surface area contributed by atoms with Crippen LogP contribution in [0.4, 0.5) is 0 Å². The zero-order chi connectivity index (χ0) is 18.0. The molecule has 0 N–H and O–H groups in total. The molecular weight excluding hydrogens is 332 g/mol. The summed E-state index contributed by atoms with van der Waals surface area (Å²) in [6.45, 7) is 6.45. The minimum absolute atomic E-state index is 0.0173. The smallest absolute Gasteiger partial charge is 0.279 e. The van der Waals surface area contributed by atoms with Crippen LogP contribution in [0.2, 0.25) is 0 Å². The van der Waals surface area contributed by atoms with Gasteiger partial charge in [0, 0.05) is 17.7 Å². The zero-order valence-electron chi connectivity index (χ0n) is 14.6. The molecule has 0 spiro atoms. The third kappa shape index (κ3) is 3.33. The van der Waals surface area contributed by atoms with E-state index < -0.39 is 0 Å². The standard InChI is InChI=1S/C20H20N2O2S/c1-4-14-7-6-8-17-18(14)22(5-2)20(25-17)21-19(24)16-11-9-15(10-12-16)13(3)23/h6-12H,4-5H2,1-3H3. The Labute approximate surface area is 150 Å². The number of Topliss-reactive ketones (excluding diaryl/α,β-unsaturated/α-hetero) is 1. The maximum atomic E-state index is 12.5. The van der Waals surface area contributed by atoms with E-state index in [0.29, 0.717) is 15.9 Å². The lowest BCUT2D eigenvalue weighted by Gasteiger charge is -2.05. The van der Waals surface area contributed by atoms with Crippen molar-refractivity contribution in [1.82, 2.24) is 4.57 Å². The molecule has 0 aliphatic heterocycles. The van der Waals surface area contributed by atoms with Crippen molar-refractivity contribution in [3.63, 3.8) is 0 Å². The Balaban J connectivity index is 2.08. The normalized spacial score (nSPS) is 11.9. The van der Waals surface area contributed by atoms with Crippen LogP contribution in [0, 0.1) is 0 Å². The van der Waals surface area contributed by atoms with Crippen molar-refractivity contribution in [2.24, 2.45) is 4.99 Å². The summed E-state index contributed by atoms with van der Waals surface area (Å²) >= 11 is 1.53. The lowest BCUT2D eigenvalue weighted by atomic mass is 10.1. The molecule has 0 fully saturated rings. The highest BCUT2D eigenvalue weighted by Gasteiger charge is 2.11. The largest absolute Gasteiger partial charge is 0.316 e. The summed E-state index contributed by atoms with van der Waals surface area (Å²) in [5.41, 5.74) is 3.50. The molecule has 1 aromatic heterocycles. The Morgan fingerprint density at radius 2 is 1.72 bits per heavy atom. The monoisotopic (exact) mass is 352 g/mol. The Morgan fingerprint density at radius 3 is 2.32 bits per heavy atom. The summed E-state index contributed by atoms with van der Waals surface area (Å²) in [4.78, 5) is 28.9. The number of fused-ring (bicyclic) bond motifs is 1. The molecule has 25 heavy (non-hydrogen) atoms. The first-order chi connectivity index (χ1) is 12.0. The van der Waals surface area contributed by atoms with E-state index in [1.165, 1.54) is 23.8 Å². The highest BCUT2D eigenvalue weighted by Crippen LogP contribution is 2.22. The quantitative estimate of drug-likeness (QED) is 0.660. The summed E-state index contributed by atoms with van der Waals surface area (Å²) in [7, 11) is 0. The molecule has 0 aliphatic carbocycles. The van der Waals surface area contributed by atoms with Crippen LogP contribution >= 0.6 is 11.3 Å². The van der Waals surface area contributed by atoms with Gasteiger partial charge in [-0.15, -0.1) is 0 Å². The van der Waals surface area contributed by atoms with Crippen LogP contribution in [0.25, 0.3) is 10.2 Å². The van der Waals surface area contributed by atoms with Crippen LogP contribution < -0.4 is 4.80 Å². The van der Waals surface area contributed by atoms with Crippen LogP contribution in [0.1, 0.15) is 47.1 Å². The van der Waals surface area contributed by atoms with E-state index >= 15 is 0 Å². The fourth-order valence-corrected chi connectivity index (χ4v) is 4.01. The van der Waals surface area contributed by atoms with Crippen molar-refractivity contribution >= 4 is 33.2 Å². The summed E-state index contributed by atoms with van der Waals surface area (Å²) in [6, 6.07) is 12.9. The number of para-hydroxylation sites is 1. The van der Waals surface area contributed by atoms with Gasteiger partial charge >= 0.3 is 0 Å². The second-order valence-electron chi connectivity index (χ2n) is 5.80. The lowest BCUT2D eigenvalue weighted by molar-refractivity contribution is 0.0991. The maximum Gasteiger partial charge on any atom is 0.279 e. The molecule has 128 valence electrons. The van der Waals surface area contributed by atoms with Crippen molar-refractivity contribution in [2.45, 2.75) is 33.7 Å². The maximum absolute atomic E-state index is 12.5. The minimum Gasteiger partial charge on any atom is -0.316 e. The van der Waals surface area contributed by atoms with Gasteiger partial charge in [0.1, 0.15) is 0 Å². The molecule has 2 aromatic carbocycles. The average Bonchev–Trinajstić information content (AvgIpc) is 2.98. The van der Waals surface area contributed by atoms with E-state index in [1.807, 2.05) is 6.07 Å². The van der Waals surface area contributed by atoms with Gasteiger partial charge in [-0.3, -0.25) is 9.59 Å². The molecular formula is C20H20N2O2S. The highest BCUT2D eigenvalue weighted by molar-refractivity contribution is 7.16. The number of aryl methyl sites for hydroxylation is 2. The molecule has 0 saturated heterocycles. The van der Waals surface area contributed by atoms with Gasteiger partial charge in [0.05, 0.1) is 10.2 Å². The molecule has 3 aromatic rings. The summed E-state index contributed by atoms with van der Waals surface area (Å²) < 4.78 is 3.24. The van der Waals surface area contributed by atoms with E-state index in [9.17, 15) is 9.59 Å². The number of nitrogens with zero attached hydrogens (tertiary/aromatic N) is 2. The molecule has 5 heteroatoms. The second-order valence-corrected chi connectivity index (χ2v) is 6.81. The predicted molar refractivity (Wildman–Crippen MR) is 101 cm³/mol. The number of hydrogen-bond acceptors (Lipinski definition) is 3. The summed E-state index contributed by atoms with van der Waals surface area (Å²) in [5.74, 6) is -0.307. The van der Waals surface area contributed by atoms with Crippen LogP contribution in [0.5, 0.6) is 0 Å². The molecule has 0 aliphatic rings. The van der Waals surface area contributed by atoms with Gasteiger partial charge in [-0.05, 0) is 44.0 Å². The van der Waals surface area contributed by atoms with Gasteiger partial charge in [-0.1, -0.05) is 42.5 Å². The summed E-state index contributed by atoms with van der Waals surface area (Å²) in [5, 5.41) is 0. The molecule has 0 unspecified atom stereocenters. The molecule has 0 bridgehead atoms. The number of ketones is 1. The van der Waals surface area contributed by atoms with Crippen LogP contribution in [0.15, 0.2) is 47.5 Å².